The molecule has 232 valence electrons. The number of allylic oxidation sites excluding steroid dienone is 1. The Morgan fingerprint density at radius 2 is 1.96 bits per heavy atom. The van der Waals surface area contributed by atoms with Gasteiger partial charge in [0, 0.05) is 42.0 Å². The van der Waals surface area contributed by atoms with Crippen molar-refractivity contribution in [2.45, 2.75) is 45.4 Å². The van der Waals surface area contributed by atoms with Crippen LogP contribution in [-0.2, 0) is 6.42 Å². The number of anilines is 1. The van der Waals surface area contributed by atoms with Crippen LogP contribution >= 0.6 is 0 Å². The minimum absolute atomic E-state index is 0.296. The molecule has 0 saturated heterocycles. The van der Waals surface area contributed by atoms with Gasteiger partial charge in [0.05, 0.1) is 16.4 Å². The molecule has 0 atom stereocenters. The normalized spacial score (nSPS) is 15.0. The van der Waals surface area contributed by atoms with E-state index in [0.29, 0.717) is 18.1 Å². The lowest BCUT2D eigenvalue weighted by Gasteiger charge is -2.21. The zero-order chi connectivity index (χ0) is 31.3. The fourth-order valence-corrected chi connectivity index (χ4v) is 6.32. The van der Waals surface area contributed by atoms with E-state index in [1.807, 2.05) is 63.8 Å². The number of halogens is 1. The summed E-state index contributed by atoms with van der Waals surface area (Å²) in [7, 11) is 4.03. The molecule has 45 heavy (non-hydrogen) atoms. The van der Waals surface area contributed by atoms with Gasteiger partial charge in [-0.2, -0.15) is 5.10 Å². The van der Waals surface area contributed by atoms with Gasteiger partial charge in [0.25, 0.3) is 0 Å². The molecule has 5 aromatic rings. The van der Waals surface area contributed by atoms with Gasteiger partial charge < -0.3 is 15.2 Å². The van der Waals surface area contributed by atoms with Crippen molar-refractivity contribution in [1.29, 1.82) is 0 Å². The lowest BCUT2D eigenvalue weighted by molar-refractivity contribution is 0.356. The number of hydrogen-bond acceptors (Lipinski definition) is 5. The number of nitrogens with one attached hydrogen (secondary N) is 3. The summed E-state index contributed by atoms with van der Waals surface area (Å²) in [4.78, 5) is 15.1. The summed E-state index contributed by atoms with van der Waals surface area (Å²) in [5.41, 5.74) is 7.79. The van der Waals surface area contributed by atoms with E-state index in [1.54, 1.807) is 6.07 Å². The summed E-state index contributed by atoms with van der Waals surface area (Å²) >= 11 is 0. The molecule has 6 rings (SSSR count). The Morgan fingerprint density at radius 3 is 2.76 bits per heavy atom. The molecule has 7 nitrogen and oxygen atoms in total. The third-order valence-electron chi connectivity index (χ3n) is 8.69. The second-order valence-electron chi connectivity index (χ2n) is 12.4. The van der Waals surface area contributed by atoms with Crippen molar-refractivity contribution in [2.75, 3.05) is 32.5 Å². The first-order chi connectivity index (χ1) is 21.9. The van der Waals surface area contributed by atoms with Gasteiger partial charge in [-0.05, 0) is 92.0 Å². The highest BCUT2D eigenvalue weighted by atomic mass is 19.1. The number of aromatic amines is 2. The number of rotatable bonds is 10. The molecule has 0 unspecified atom stereocenters. The van der Waals surface area contributed by atoms with Crippen LogP contribution in [0.3, 0.4) is 0 Å². The van der Waals surface area contributed by atoms with Gasteiger partial charge in [-0.15, -0.1) is 0 Å². The van der Waals surface area contributed by atoms with Crippen LogP contribution in [0, 0.1) is 11.7 Å². The fourth-order valence-electron chi connectivity index (χ4n) is 6.32. The molecule has 0 radical (unpaired) electrons. The number of hydrogen-bond donors (Lipinski definition) is 3. The van der Waals surface area contributed by atoms with Crippen LogP contribution in [0.4, 0.5) is 10.1 Å². The molecule has 1 aliphatic carbocycles. The van der Waals surface area contributed by atoms with Crippen molar-refractivity contribution in [2.24, 2.45) is 5.92 Å². The molecule has 1 fully saturated rings. The van der Waals surface area contributed by atoms with Gasteiger partial charge >= 0.3 is 0 Å². The lowest BCUT2D eigenvalue weighted by Crippen LogP contribution is -2.23. The predicted octanol–water partition coefficient (Wildman–Crippen LogP) is 6.54. The molecule has 3 heterocycles. The molecule has 3 N–H and O–H groups in total. The Bertz CT molecular complexity index is 1930. The number of fused-ring (bicyclic) bond motifs is 1. The van der Waals surface area contributed by atoms with E-state index in [-0.39, 0.29) is 5.82 Å². The molecule has 1 aliphatic rings. The van der Waals surface area contributed by atoms with E-state index in [1.165, 1.54) is 43.7 Å². The quantitative estimate of drug-likeness (QED) is 0.169. The first-order valence-electron chi connectivity index (χ1n) is 15.9. The summed E-state index contributed by atoms with van der Waals surface area (Å²) in [5, 5.41) is 12.9. The molecular formula is C37H42FN7. The van der Waals surface area contributed by atoms with E-state index in [9.17, 15) is 4.39 Å². The summed E-state index contributed by atoms with van der Waals surface area (Å²) in [5.74, 6) is 1.08. The number of aromatic nitrogens is 5. The van der Waals surface area contributed by atoms with Gasteiger partial charge in [0.15, 0.2) is 5.82 Å². The molecule has 2 aromatic carbocycles. The van der Waals surface area contributed by atoms with E-state index in [4.69, 9.17) is 4.98 Å². The van der Waals surface area contributed by atoms with E-state index < -0.39 is 0 Å². The standard InChI is InChI=1S/C37H42FN7/c1-5-33-32(16-24(2)28-18-26(22-39-23-28)17-25-10-7-6-8-11-25)36(44-43-33)37-41-34-13-9-12-31(35(34)42-37)27-19-29(38)21-30(20-27)40-14-15-45(3)4/h5,9,12-13,16,18-23,25,40,43H,2,6-8,10-11,14-15,17H2,1,3-4H3,(H,41,42)/b32-16+,33-5+. The maximum Gasteiger partial charge on any atom is 0.159 e. The topological polar surface area (TPSA) is 85.5 Å². The van der Waals surface area contributed by atoms with Crippen molar-refractivity contribution >= 4 is 34.4 Å². The number of nitrogens with zero attached hydrogens (tertiary/aromatic N) is 4. The van der Waals surface area contributed by atoms with Crippen molar-refractivity contribution in [3.05, 3.63) is 88.9 Å². The average Bonchev–Trinajstić information content (AvgIpc) is 3.65. The second-order valence-corrected chi connectivity index (χ2v) is 12.4. The molecule has 1 saturated carbocycles. The first kappa shape index (κ1) is 30.5. The van der Waals surface area contributed by atoms with E-state index >= 15 is 0 Å². The molecule has 3 aromatic heterocycles. The minimum Gasteiger partial charge on any atom is -0.384 e. The van der Waals surface area contributed by atoms with Crippen molar-refractivity contribution in [3.8, 4) is 22.6 Å². The van der Waals surface area contributed by atoms with Gasteiger partial charge in [-0.25, -0.2) is 9.37 Å². The highest BCUT2D eigenvalue weighted by Gasteiger charge is 2.17. The molecule has 0 amide bonds. The molecule has 8 heteroatoms. The zero-order valence-electron chi connectivity index (χ0n) is 26.5. The molecule has 0 bridgehead atoms. The number of imidazole rings is 1. The SMILES string of the molecule is C=C(/C=c1/c(-c2nc3c(-c4cc(F)cc(NCCN(C)C)c4)cccc3[nH]2)n[nH]/c1=C/C)c1cncc(CC2CCCCC2)c1. The molecule has 0 spiro atoms. The van der Waals surface area contributed by atoms with Crippen LogP contribution in [0.15, 0.2) is 61.4 Å². The summed E-state index contributed by atoms with van der Waals surface area (Å²) < 4.78 is 14.8. The van der Waals surface area contributed by atoms with Crippen molar-refractivity contribution in [3.63, 3.8) is 0 Å². The zero-order valence-corrected chi connectivity index (χ0v) is 26.5. The third kappa shape index (κ3) is 7.07. The predicted molar refractivity (Wildman–Crippen MR) is 184 cm³/mol. The van der Waals surface area contributed by atoms with Crippen molar-refractivity contribution < 1.29 is 4.39 Å². The van der Waals surface area contributed by atoms with Gasteiger partial charge in [0.1, 0.15) is 11.5 Å². The molecular weight excluding hydrogens is 561 g/mol. The largest absolute Gasteiger partial charge is 0.384 e. The van der Waals surface area contributed by atoms with Gasteiger partial charge in [-0.1, -0.05) is 56.9 Å². The smallest absolute Gasteiger partial charge is 0.159 e. The highest BCUT2D eigenvalue weighted by Crippen LogP contribution is 2.31. The van der Waals surface area contributed by atoms with Crippen LogP contribution in [0.25, 0.3) is 51.4 Å². The number of pyridine rings is 1. The Morgan fingerprint density at radius 1 is 1.11 bits per heavy atom. The Balaban J connectivity index is 1.33. The van der Waals surface area contributed by atoms with Crippen LogP contribution in [0.5, 0.6) is 0 Å². The number of benzene rings is 2. The summed E-state index contributed by atoms with van der Waals surface area (Å²) in [6.45, 7) is 7.96. The maximum absolute atomic E-state index is 14.8. The second kappa shape index (κ2) is 13.6. The van der Waals surface area contributed by atoms with E-state index in [2.05, 4.69) is 49.1 Å². The Hall–Kier alpha value is -4.56. The highest BCUT2D eigenvalue weighted by molar-refractivity contribution is 5.94. The summed E-state index contributed by atoms with van der Waals surface area (Å²) in [6.07, 6.45) is 15.6. The number of H-pyrrole nitrogens is 2. The first-order valence-corrected chi connectivity index (χ1v) is 15.9. The number of para-hydroxylation sites is 1. The van der Waals surface area contributed by atoms with Crippen LogP contribution in [0.2, 0.25) is 0 Å². The minimum atomic E-state index is -0.296. The van der Waals surface area contributed by atoms with Crippen LogP contribution < -0.4 is 15.9 Å². The number of likely N-dealkylation sites (N-methyl/N-ethyl adjacent to an activating group) is 1. The van der Waals surface area contributed by atoms with Crippen molar-refractivity contribution in [1.82, 2.24) is 30.0 Å². The van der Waals surface area contributed by atoms with E-state index in [0.717, 1.165) is 68.4 Å². The maximum atomic E-state index is 14.8. The lowest BCUT2D eigenvalue weighted by atomic mass is 9.85. The van der Waals surface area contributed by atoms with Gasteiger partial charge in [-0.3, -0.25) is 10.1 Å². The van der Waals surface area contributed by atoms with Crippen LogP contribution in [-0.4, -0.2) is 57.2 Å². The monoisotopic (exact) mass is 603 g/mol. The Kier molecular flexibility index (Phi) is 9.21. The van der Waals surface area contributed by atoms with Gasteiger partial charge in [0.2, 0.25) is 0 Å². The summed E-state index contributed by atoms with van der Waals surface area (Å²) in [6, 6.07) is 13.2. The molecule has 0 aliphatic heterocycles. The fraction of sp³-hybridized carbons (Fsp3) is 0.324. The Labute approximate surface area is 264 Å². The third-order valence-corrected chi connectivity index (χ3v) is 8.69. The average molecular weight is 604 g/mol. The van der Waals surface area contributed by atoms with Crippen LogP contribution in [0.1, 0.15) is 50.2 Å².